The Labute approximate surface area is 109 Å². The van der Waals surface area contributed by atoms with Gasteiger partial charge in [-0.25, -0.2) is 4.39 Å². The molecule has 1 aromatic heterocycles. The summed E-state index contributed by atoms with van der Waals surface area (Å²) in [5.74, 6) is -1.11. The Morgan fingerprint density at radius 1 is 1.35 bits per heavy atom. The Hall–Kier alpha value is -1.24. The van der Waals surface area contributed by atoms with Crippen LogP contribution in [0.4, 0.5) is 10.1 Å². The molecule has 2 aromatic rings. The molecule has 0 aliphatic carbocycles. The van der Waals surface area contributed by atoms with Crippen molar-refractivity contribution >= 4 is 46.1 Å². The zero-order valence-corrected chi connectivity index (χ0v) is 10.4. The average Bonchev–Trinajstić information content (AvgIpc) is 2.70. The summed E-state index contributed by atoms with van der Waals surface area (Å²) in [5, 5.41) is 9.59. The Balaban J connectivity index is 2.15. The molecular weight excluding hydrogens is 288 g/mol. The molecule has 0 bridgehead atoms. The molecule has 0 fully saturated rings. The van der Waals surface area contributed by atoms with Crippen LogP contribution < -0.4 is 5.32 Å². The molecule has 0 atom stereocenters. The minimum Gasteiger partial charge on any atom is -0.320 e. The van der Waals surface area contributed by atoms with E-state index in [9.17, 15) is 9.18 Å². The summed E-state index contributed by atoms with van der Waals surface area (Å²) in [6.45, 7) is 0. The number of nitrogens with one attached hydrogen (secondary N) is 1. The summed E-state index contributed by atoms with van der Waals surface area (Å²) in [5.41, 5.74) is 0.281. The lowest BCUT2D eigenvalue weighted by Gasteiger charge is -2.03. The fourth-order valence-electron chi connectivity index (χ4n) is 1.06. The highest BCUT2D eigenvalue weighted by molar-refractivity contribution is 7.17. The van der Waals surface area contributed by atoms with Crippen molar-refractivity contribution in [3.05, 3.63) is 38.5 Å². The van der Waals surface area contributed by atoms with Crippen LogP contribution in [-0.2, 0) is 0 Å². The van der Waals surface area contributed by atoms with Crippen molar-refractivity contribution in [1.82, 2.24) is 10.2 Å². The van der Waals surface area contributed by atoms with Gasteiger partial charge in [-0.2, -0.15) is 0 Å². The monoisotopic (exact) mass is 291 g/mol. The quantitative estimate of drug-likeness (QED) is 0.924. The van der Waals surface area contributed by atoms with Gasteiger partial charge in [0, 0.05) is 5.69 Å². The predicted octanol–water partition coefficient (Wildman–Crippen LogP) is 3.24. The van der Waals surface area contributed by atoms with Gasteiger partial charge >= 0.3 is 0 Å². The maximum absolute atomic E-state index is 13.1. The molecule has 2 rings (SSSR count). The van der Waals surface area contributed by atoms with Crippen molar-refractivity contribution in [2.45, 2.75) is 0 Å². The highest BCUT2D eigenvalue weighted by Gasteiger charge is 2.12. The van der Waals surface area contributed by atoms with E-state index in [2.05, 4.69) is 15.5 Å². The number of hydrogen-bond acceptors (Lipinski definition) is 4. The maximum atomic E-state index is 13.1. The Morgan fingerprint density at radius 3 is 2.71 bits per heavy atom. The van der Waals surface area contributed by atoms with Gasteiger partial charge in [0.1, 0.15) is 5.82 Å². The first kappa shape index (κ1) is 12.2. The Morgan fingerprint density at radius 2 is 2.12 bits per heavy atom. The molecule has 0 spiro atoms. The molecule has 1 aromatic carbocycles. The number of halogens is 3. The number of carbonyl (C=O) groups excluding carboxylic acids is 1. The van der Waals surface area contributed by atoms with Gasteiger partial charge in [0.05, 0.1) is 5.02 Å². The molecule has 8 heteroatoms. The molecule has 0 saturated heterocycles. The SMILES string of the molecule is O=C(Nc1ccc(Cl)c(F)c1)c1nnc(Cl)s1. The highest BCUT2D eigenvalue weighted by atomic mass is 35.5. The summed E-state index contributed by atoms with van der Waals surface area (Å²) in [4.78, 5) is 11.6. The number of nitrogens with zero attached hydrogens (tertiary/aromatic N) is 2. The van der Waals surface area contributed by atoms with Gasteiger partial charge in [-0.1, -0.05) is 22.9 Å². The lowest BCUT2D eigenvalue weighted by Crippen LogP contribution is -2.11. The molecule has 88 valence electrons. The standard InChI is InChI=1S/C9H4Cl2FN3OS/c10-5-2-1-4(3-6(5)12)13-7(16)8-14-15-9(11)17-8/h1-3H,(H,13,16). The van der Waals surface area contributed by atoms with Crippen molar-refractivity contribution in [3.8, 4) is 0 Å². The third kappa shape index (κ3) is 2.91. The molecule has 1 N–H and O–H groups in total. The number of hydrogen-bond donors (Lipinski definition) is 1. The van der Waals surface area contributed by atoms with Gasteiger partial charge in [0.25, 0.3) is 5.91 Å². The number of anilines is 1. The normalized spacial score (nSPS) is 10.3. The van der Waals surface area contributed by atoms with Gasteiger partial charge in [0.2, 0.25) is 9.47 Å². The van der Waals surface area contributed by atoms with E-state index < -0.39 is 11.7 Å². The maximum Gasteiger partial charge on any atom is 0.286 e. The first-order chi connectivity index (χ1) is 8.06. The van der Waals surface area contributed by atoms with Crippen LogP contribution in [0.15, 0.2) is 18.2 Å². The largest absolute Gasteiger partial charge is 0.320 e. The van der Waals surface area contributed by atoms with E-state index in [-0.39, 0.29) is 20.2 Å². The van der Waals surface area contributed by atoms with Crippen LogP contribution in [-0.4, -0.2) is 16.1 Å². The number of benzene rings is 1. The molecule has 0 aliphatic heterocycles. The van der Waals surface area contributed by atoms with Gasteiger partial charge < -0.3 is 5.32 Å². The molecule has 4 nitrogen and oxygen atoms in total. The smallest absolute Gasteiger partial charge is 0.286 e. The molecule has 0 aliphatic rings. The van der Waals surface area contributed by atoms with E-state index in [4.69, 9.17) is 23.2 Å². The minimum atomic E-state index is -0.611. The summed E-state index contributed by atoms with van der Waals surface area (Å²) in [7, 11) is 0. The van der Waals surface area contributed by atoms with E-state index in [1.165, 1.54) is 12.1 Å². The first-order valence-electron chi connectivity index (χ1n) is 4.31. The molecular formula is C9H4Cl2FN3OS. The van der Waals surface area contributed by atoms with E-state index in [1.807, 2.05) is 0 Å². The second kappa shape index (κ2) is 4.95. The van der Waals surface area contributed by atoms with Crippen molar-refractivity contribution in [2.24, 2.45) is 0 Å². The second-order valence-electron chi connectivity index (χ2n) is 2.94. The number of carbonyl (C=O) groups is 1. The highest BCUT2D eigenvalue weighted by Crippen LogP contribution is 2.20. The molecule has 1 heterocycles. The fourth-order valence-corrected chi connectivity index (χ4v) is 1.90. The molecule has 0 radical (unpaired) electrons. The van der Waals surface area contributed by atoms with Gasteiger partial charge in [-0.3, -0.25) is 4.79 Å². The Bertz CT molecular complexity index is 575. The van der Waals surface area contributed by atoms with E-state index in [0.29, 0.717) is 0 Å². The van der Waals surface area contributed by atoms with Crippen LogP contribution >= 0.6 is 34.5 Å². The molecule has 0 saturated carbocycles. The number of rotatable bonds is 2. The second-order valence-corrected chi connectivity index (χ2v) is 4.91. The van der Waals surface area contributed by atoms with Crippen LogP contribution in [0.3, 0.4) is 0 Å². The molecule has 17 heavy (non-hydrogen) atoms. The predicted molar refractivity (Wildman–Crippen MR) is 64.3 cm³/mol. The molecule has 0 unspecified atom stereocenters. The van der Waals surface area contributed by atoms with Crippen LogP contribution in [0.2, 0.25) is 9.49 Å². The topological polar surface area (TPSA) is 54.9 Å². The summed E-state index contributed by atoms with van der Waals surface area (Å²) in [6.07, 6.45) is 0. The van der Waals surface area contributed by atoms with Gasteiger partial charge in [-0.05, 0) is 29.8 Å². The summed E-state index contributed by atoms with van der Waals surface area (Å²) < 4.78 is 13.3. The zero-order chi connectivity index (χ0) is 12.4. The lowest BCUT2D eigenvalue weighted by atomic mass is 10.3. The minimum absolute atomic E-state index is 0.0121. The first-order valence-corrected chi connectivity index (χ1v) is 5.89. The van der Waals surface area contributed by atoms with Crippen molar-refractivity contribution < 1.29 is 9.18 Å². The van der Waals surface area contributed by atoms with Crippen molar-refractivity contribution in [2.75, 3.05) is 5.32 Å². The van der Waals surface area contributed by atoms with Crippen LogP contribution in [0, 0.1) is 5.82 Å². The van der Waals surface area contributed by atoms with E-state index in [0.717, 1.165) is 17.4 Å². The zero-order valence-electron chi connectivity index (χ0n) is 8.08. The van der Waals surface area contributed by atoms with Crippen LogP contribution in [0.1, 0.15) is 9.80 Å². The summed E-state index contributed by atoms with van der Waals surface area (Å²) >= 11 is 12.0. The number of amides is 1. The lowest BCUT2D eigenvalue weighted by molar-refractivity contribution is 0.102. The van der Waals surface area contributed by atoms with Crippen molar-refractivity contribution in [3.63, 3.8) is 0 Å². The third-order valence-electron chi connectivity index (χ3n) is 1.77. The summed E-state index contributed by atoms with van der Waals surface area (Å²) in [6, 6.07) is 3.94. The van der Waals surface area contributed by atoms with Crippen LogP contribution in [0.5, 0.6) is 0 Å². The van der Waals surface area contributed by atoms with Crippen molar-refractivity contribution in [1.29, 1.82) is 0 Å². The Kier molecular flexibility index (Phi) is 3.56. The molecule has 1 amide bonds. The number of aromatic nitrogens is 2. The third-order valence-corrected chi connectivity index (χ3v) is 3.10. The van der Waals surface area contributed by atoms with E-state index >= 15 is 0 Å². The van der Waals surface area contributed by atoms with Crippen LogP contribution in [0.25, 0.3) is 0 Å². The average molecular weight is 292 g/mol. The van der Waals surface area contributed by atoms with Gasteiger partial charge in [-0.15, -0.1) is 10.2 Å². The van der Waals surface area contributed by atoms with Gasteiger partial charge in [0.15, 0.2) is 0 Å². The fraction of sp³-hybridized carbons (Fsp3) is 0. The van der Waals surface area contributed by atoms with E-state index in [1.54, 1.807) is 0 Å².